The van der Waals surface area contributed by atoms with Crippen LogP contribution in [0.3, 0.4) is 0 Å². The lowest BCUT2D eigenvalue weighted by Crippen LogP contribution is -2.46. The summed E-state index contributed by atoms with van der Waals surface area (Å²) in [5.41, 5.74) is 0. The van der Waals surface area contributed by atoms with Crippen molar-refractivity contribution < 1.29 is 0 Å². The van der Waals surface area contributed by atoms with Crippen molar-refractivity contribution in [2.45, 2.75) is 39.7 Å². The van der Waals surface area contributed by atoms with Crippen molar-refractivity contribution in [3.63, 3.8) is 0 Å². The van der Waals surface area contributed by atoms with Gasteiger partial charge in [0.05, 0.1) is 0 Å². The number of likely N-dealkylation sites (N-methyl/N-ethyl adjacent to an activating group) is 2. The normalized spacial score (nSPS) is 19.5. The summed E-state index contributed by atoms with van der Waals surface area (Å²) in [5.74, 6) is 0. The van der Waals surface area contributed by atoms with Crippen molar-refractivity contribution in [2.75, 3.05) is 45.8 Å². The van der Waals surface area contributed by atoms with E-state index in [-0.39, 0.29) is 0 Å². The average Bonchev–Trinajstić information content (AvgIpc) is 2.35. The largest absolute Gasteiger partial charge is 0.316 e. The van der Waals surface area contributed by atoms with Gasteiger partial charge in [0.25, 0.3) is 0 Å². The summed E-state index contributed by atoms with van der Waals surface area (Å²) >= 11 is 0. The van der Waals surface area contributed by atoms with Gasteiger partial charge in [0, 0.05) is 19.1 Å². The predicted octanol–water partition coefficient (Wildman–Crippen LogP) is 1.40. The number of piperidine rings is 1. The van der Waals surface area contributed by atoms with Crippen LogP contribution in [0.5, 0.6) is 0 Å². The molecule has 0 aliphatic carbocycles. The highest BCUT2D eigenvalue weighted by Gasteiger charge is 2.22. The van der Waals surface area contributed by atoms with Gasteiger partial charge in [0.1, 0.15) is 0 Å². The van der Waals surface area contributed by atoms with E-state index in [1.807, 2.05) is 0 Å². The third-order valence-corrected chi connectivity index (χ3v) is 3.75. The Balaban J connectivity index is 2.25. The molecule has 3 nitrogen and oxygen atoms in total. The number of nitrogens with one attached hydrogen (secondary N) is 1. The van der Waals surface area contributed by atoms with Crippen LogP contribution in [0.15, 0.2) is 0 Å². The second-order valence-electron chi connectivity index (χ2n) is 4.65. The zero-order valence-electron chi connectivity index (χ0n) is 11.3. The lowest BCUT2D eigenvalue weighted by molar-refractivity contribution is 0.116. The first-order valence-corrected chi connectivity index (χ1v) is 6.98. The Morgan fingerprint density at radius 1 is 1.19 bits per heavy atom. The van der Waals surface area contributed by atoms with Gasteiger partial charge in [0.15, 0.2) is 0 Å². The van der Waals surface area contributed by atoms with Crippen LogP contribution in [0.1, 0.15) is 33.6 Å². The highest BCUT2D eigenvalue weighted by atomic mass is 15.2. The second-order valence-corrected chi connectivity index (χ2v) is 4.65. The smallest absolute Gasteiger partial charge is 0.0120 e. The lowest BCUT2D eigenvalue weighted by Gasteiger charge is -2.37. The number of nitrogens with zero attached hydrogens (tertiary/aromatic N) is 2. The molecule has 1 aliphatic rings. The van der Waals surface area contributed by atoms with Gasteiger partial charge in [0.2, 0.25) is 0 Å². The third kappa shape index (κ3) is 4.40. The Morgan fingerprint density at radius 3 is 2.38 bits per heavy atom. The lowest BCUT2D eigenvalue weighted by atomic mass is 10.0. The topological polar surface area (TPSA) is 18.5 Å². The van der Waals surface area contributed by atoms with E-state index in [1.54, 1.807) is 0 Å². The monoisotopic (exact) mass is 227 g/mol. The first-order chi connectivity index (χ1) is 7.81. The van der Waals surface area contributed by atoms with E-state index in [9.17, 15) is 0 Å². The van der Waals surface area contributed by atoms with Crippen LogP contribution in [-0.4, -0.2) is 61.7 Å². The number of rotatable bonds is 7. The summed E-state index contributed by atoms with van der Waals surface area (Å²) < 4.78 is 0. The van der Waals surface area contributed by atoms with Crippen LogP contribution in [0.4, 0.5) is 0 Å². The van der Waals surface area contributed by atoms with E-state index in [1.165, 1.54) is 45.6 Å². The molecular formula is C13H29N3. The molecule has 0 radical (unpaired) electrons. The van der Waals surface area contributed by atoms with Crippen molar-refractivity contribution in [2.24, 2.45) is 0 Å². The Morgan fingerprint density at radius 2 is 1.88 bits per heavy atom. The van der Waals surface area contributed by atoms with Crippen LogP contribution in [0, 0.1) is 0 Å². The third-order valence-electron chi connectivity index (χ3n) is 3.75. The molecule has 0 atom stereocenters. The highest BCUT2D eigenvalue weighted by Crippen LogP contribution is 2.15. The van der Waals surface area contributed by atoms with Crippen molar-refractivity contribution in [1.82, 2.24) is 15.1 Å². The molecule has 1 heterocycles. The molecule has 1 saturated heterocycles. The summed E-state index contributed by atoms with van der Waals surface area (Å²) in [6.07, 6.45) is 2.71. The van der Waals surface area contributed by atoms with Gasteiger partial charge in [-0.3, -0.25) is 4.90 Å². The van der Waals surface area contributed by atoms with Crippen LogP contribution in [-0.2, 0) is 0 Å². The first kappa shape index (κ1) is 13.9. The first-order valence-electron chi connectivity index (χ1n) is 6.98. The molecule has 0 saturated carbocycles. The SMILES string of the molecule is CCNCCN(CC)C1CCN(CC)CC1. The minimum Gasteiger partial charge on any atom is -0.316 e. The molecule has 1 N–H and O–H groups in total. The Bertz CT molecular complexity index is 162. The quantitative estimate of drug-likeness (QED) is 0.663. The number of hydrogen-bond donors (Lipinski definition) is 1. The van der Waals surface area contributed by atoms with Crippen LogP contribution in [0.2, 0.25) is 0 Å². The fourth-order valence-electron chi connectivity index (χ4n) is 2.60. The van der Waals surface area contributed by atoms with Crippen molar-refractivity contribution in [1.29, 1.82) is 0 Å². The minimum absolute atomic E-state index is 0.825. The average molecular weight is 227 g/mol. The van der Waals surface area contributed by atoms with E-state index in [2.05, 4.69) is 35.9 Å². The Hall–Kier alpha value is -0.120. The zero-order valence-corrected chi connectivity index (χ0v) is 11.3. The van der Waals surface area contributed by atoms with Crippen LogP contribution < -0.4 is 5.32 Å². The maximum atomic E-state index is 3.42. The molecule has 0 aromatic carbocycles. The molecule has 1 fully saturated rings. The zero-order chi connectivity index (χ0) is 11.8. The predicted molar refractivity (Wildman–Crippen MR) is 70.9 cm³/mol. The summed E-state index contributed by atoms with van der Waals surface area (Å²) in [4.78, 5) is 5.21. The van der Waals surface area contributed by atoms with Crippen molar-refractivity contribution >= 4 is 0 Å². The second kappa shape index (κ2) is 8.04. The van der Waals surface area contributed by atoms with Gasteiger partial charge >= 0.3 is 0 Å². The van der Waals surface area contributed by atoms with Gasteiger partial charge in [-0.25, -0.2) is 0 Å². The summed E-state index contributed by atoms with van der Waals surface area (Å²) in [5, 5.41) is 3.42. The van der Waals surface area contributed by atoms with Crippen LogP contribution >= 0.6 is 0 Å². The maximum Gasteiger partial charge on any atom is 0.0120 e. The van der Waals surface area contributed by atoms with Gasteiger partial charge in [-0.05, 0) is 45.6 Å². The molecule has 3 heteroatoms. The summed E-state index contributed by atoms with van der Waals surface area (Å²) in [6.45, 7) is 15.2. The number of hydrogen-bond acceptors (Lipinski definition) is 3. The molecular weight excluding hydrogens is 198 g/mol. The molecule has 0 aromatic heterocycles. The molecule has 1 rings (SSSR count). The standard InChI is InChI=1S/C13H29N3/c1-4-14-9-12-16(6-3)13-7-10-15(5-2)11-8-13/h13-14H,4-12H2,1-3H3. The fourth-order valence-corrected chi connectivity index (χ4v) is 2.60. The highest BCUT2D eigenvalue weighted by molar-refractivity contribution is 4.79. The van der Waals surface area contributed by atoms with E-state index in [0.29, 0.717) is 0 Å². The van der Waals surface area contributed by atoms with Gasteiger partial charge in [-0.2, -0.15) is 0 Å². The Kier molecular flexibility index (Phi) is 7.01. The molecule has 96 valence electrons. The summed E-state index contributed by atoms with van der Waals surface area (Å²) in [7, 11) is 0. The molecule has 1 aliphatic heterocycles. The Labute approximate surface area is 101 Å². The van der Waals surface area contributed by atoms with E-state index in [4.69, 9.17) is 0 Å². The molecule has 0 amide bonds. The maximum absolute atomic E-state index is 3.42. The van der Waals surface area contributed by atoms with E-state index >= 15 is 0 Å². The van der Waals surface area contributed by atoms with Crippen molar-refractivity contribution in [3.05, 3.63) is 0 Å². The van der Waals surface area contributed by atoms with Crippen molar-refractivity contribution in [3.8, 4) is 0 Å². The van der Waals surface area contributed by atoms with Gasteiger partial charge < -0.3 is 10.2 Å². The fraction of sp³-hybridized carbons (Fsp3) is 1.00. The van der Waals surface area contributed by atoms with E-state index in [0.717, 1.165) is 19.1 Å². The molecule has 0 bridgehead atoms. The van der Waals surface area contributed by atoms with Crippen LogP contribution in [0.25, 0.3) is 0 Å². The number of likely N-dealkylation sites (tertiary alicyclic amines) is 1. The molecule has 0 spiro atoms. The molecule has 16 heavy (non-hydrogen) atoms. The van der Waals surface area contributed by atoms with Gasteiger partial charge in [-0.15, -0.1) is 0 Å². The minimum atomic E-state index is 0.825. The van der Waals surface area contributed by atoms with Gasteiger partial charge in [-0.1, -0.05) is 20.8 Å². The molecule has 0 aromatic rings. The molecule has 0 unspecified atom stereocenters. The summed E-state index contributed by atoms with van der Waals surface area (Å²) in [6, 6.07) is 0.825. The van der Waals surface area contributed by atoms with E-state index < -0.39 is 0 Å².